The summed E-state index contributed by atoms with van der Waals surface area (Å²) in [4.78, 5) is 36.1. The number of hydrogen-bond acceptors (Lipinski definition) is 5. The van der Waals surface area contributed by atoms with Crippen LogP contribution < -0.4 is 16.0 Å². The van der Waals surface area contributed by atoms with Gasteiger partial charge in [-0.25, -0.2) is 9.59 Å². The maximum atomic E-state index is 12.8. The average molecular weight is 442 g/mol. The molecule has 8 nitrogen and oxygen atoms in total. The van der Waals surface area contributed by atoms with Gasteiger partial charge in [-0.3, -0.25) is 10.1 Å². The van der Waals surface area contributed by atoms with Gasteiger partial charge in [0.1, 0.15) is 5.60 Å². The van der Waals surface area contributed by atoms with Crippen molar-refractivity contribution in [2.45, 2.75) is 32.9 Å². The summed E-state index contributed by atoms with van der Waals surface area (Å²) in [5.74, 6) is -0.315. The number of thiophene rings is 1. The molecule has 0 aliphatic carbocycles. The Bertz CT molecular complexity index is 1130. The van der Waals surface area contributed by atoms with Crippen LogP contribution in [0.25, 0.3) is 10.1 Å². The summed E-state index contributed by atoms with van der Waals surface area (Å²) in [6.45, 7) is 5.50. The molecule has 3 amide bonds. The number of amides is 3. The number of carbonyl (C=O) groups excluding carboxylic acids is 2. The van der Waals surface area contributed by atoms with Gasteiger partial charge in [0, 0.05) is 11.2 Å². The Morgan fingerprint density at radius 1 is 1.00 bits per heavy atom. The lowest BCUT2D eigenvalue weighted by atomic mass is 10.1. The number of para-hydroxylation sites is 2. The van der Waals surface area contributed by atoms with Crippen LogP contribution >= 0.6 is 11.3 Å². The highest BCUT2D eigenvalue weighted by Gasteiger charge is 2.18. The zero-order chi connectivity index (χ0) is 22.6. The van der Waals surface area contributed by atoms with Crippen LogP contribution in [0.15, 0.2) is 48.5 Å². The van der Waals surface area contributed by atoms with E-state index in [0.717, 1.165) is 15.6 Å². The number of ether oxygens (including phenoxy) is 1. The van der Waals surface area contributed by atoms with E-state index in [-0.39, 0.29) is 12.5 Å². The van der Waals surface area contributed by atoms with Gasteiger partial charge in [-0.1, -0.05) is 24.3 Å². The maximum absolute atomic E-state index is 12.8. The second-order valence-electron chi connectivity index (χ2n) is 7.77. The quantitative estimate of drug-likeness (QED) is 0.430. The molecule has 0 unspecified atom stereocenters. The standard InChI is InChI=1S/C22H23N3O5S/c1-22(2,3)30-21(29)25-16-7-5-4-6-15(16)24-19(26)18-11-14-9-8-13(10-17(14)31-18)12-23-20(27)28/h4-11,23H,12H2,1-3H3,(H,24,26)(H,25,29)(H,27,28). The number of fused-ring (bicyclic) bond motifs is 1. The highest BCUT2D eigenvalue weighted by atomic mass is 32.1. The van der Waals surface area contributed by atoms with Crippen molar-refractivity contribution >= 4 is 50.9 Å². The van der Waals surface area contributed by atoms with Crippen molar-refractivity contribution < 1.29 is 24.2 Å². The summed E-state index contributed by atoms with van der Waals surface area (Å²) in [6, 6.07) is 14.1. The number of carboxylic acid groups (broad SMARTS) is 1. The highest BCUT2D eigenvalue weighted by Crippen LogP contribution is 2.29. The molecule has 0 spiro atoms. The molecule has 0 aliphatic rings. The predicted molar refractivity (Wildman–Crippen MR) is 121 cm³/mol. The summed E-state index contributed by atoms with van der Waals surface area (Å²) in [7, 11) is 0. The van der Waals surface area contributed by atoms with Gasteiger partial charge in [0.25, 0.3) is 5.91 Å². The largest absolute Gasteiger partial charge is 0.465 e. The smallest absolute Gasteiger partial charge is 0.412 e. The van der Waals surface area contributed by atoms with Crippen LogP contribution in [0.3, 0.4) is 0 Å². The molecule has 3 rings (SSSR count). The molecule has 0 saturated carbocycles. The Hall–Kier alpha value is -3.59. The zero-order valence-electron chi connectivity index (χ0n) is 17.3. The minimum absolute atomic E-state index is 0.189. The zero-order valence-corrected chi connectivity index (χ0v) is 18.1. The Kier molecular flexibility index (Phi) is 6.45. The molecule has 0 bridgehead atoms. The first-order chi connectivity index (χ1) is 14.6. The molecule has 0 fully saturated rings. The normalized spacial score (nSPS) is 11.1. The summed E-state index contributed by atoms with van der Waals surface area (Å²) >= 11 is 1.30. The number of benzene rings is 2. The van der Waals surface area contributed by atoms with Gasteiger partial charge in [0.05, 0.1) is 16.3 Å². The van der Waals surface area contributed by atoms with Crippen LogP contribution in [0.4, 0.5) is 21.0 Å². The third-order valence-electron chi connectivity index (χ3n) is 4.06. The van der Waals surface area contributed by atoms with E-state index in [0.29, 0.717) is 16.3 Å². The van der Waals surface area contributed by atoms with Crippen LogP contribution in [0.1, 0.15) is 36.0 Å². The lowest BCUT2D eigenvalue weighted by Crippen LogP contribution is -2.27. The van der Waals surface area contributed by atoms with Crippen LogP contribution in [0.5, 0.6) is 0 Å². The van der Waals surface area contributed by atoms with Crippen LogP contribution in [-0.4, -0.2) is 28.8 Å². The van der Waals surface area contributed by atoms with E-state index in [1.165, 1.54) is 11.3 Å². The maximum Gasteiger partial charge on any atom is 0.412 e. The van der Waals surface area contributed by atoms with Crippen molar-refractivity contribution in [2.75, 3.05) is 10.6 Å². The van der Waals surface area contributed by atoms with Gasteiger partial charge in [-0.05, 0) is 56.0 Å². The molecule has 0 aliphatic heterocycles. The molecule has 0 saturated heterocycles. The minimum atomic E-state index is -1.09. The Balaban J connectivity index is 1.75. The van der Waals surface area contributed by atoms with E-state index in [2.05, 4.69) is 16.0 Å². The molecule has 9 heteroatoms. The second kappa shape index (κ2) is 9.05. The topological polar surface area (TPSA) is 117 Å². The molecule has 3 aromatic rings. The van der Waals surface area contributed by atoms with Crippen molar-refractivity contribution in [3.05, 3.63) is 59.0 Å². The van der Waals surface area contributed by atoms with Crippen LogP contribution in [0.2, 0.25) is 0 Å². The van der Waals surface area contributed by atoms with Crippen LogP contribution in [0, 0.1) is 0 Å². The summed E-state index contributed by atoms with van der Waals surface area (Å²) in [6.07, 6.45) is -1.71. The van der Waals surface area contributed by atoms with E-state index in [4.69, 9.17) is 9.84 Å². The highest BCUT2D eigenvalue weighted by molar-refractivity contribution is 7.20. The lowest BCUT2D eigenvalue weighted by molar-refractivity contribution is 0.0635. The molecular weight excluding hydrogens is 418 g/mol. The summed E-state index contributed by atoms with van der Waals surface area (Å²) in [5, 5.41) is 17.4. The number of hydrogen-bond donors (Lipinski definition) is 4. The van der Waals surface area contributed by atoms with Gasteiger partial charge >= 0.3 is 12.2 Å². The molecule has 4 N–H and O–H groups in total. The second-order valence-corrected chi connectivity index (χ2v) is 8.85. The summed E-state index contributed by atoms with van der Waals surface area (Å²) in [5.41, 5.74) is 1.03. The van der Waals surface area contributed by atoms with E-state index < -0.39 is 17.8 Å². The van der Waals surface area contributed by atoms with Gasteiger partial charge in [0.15, 0.2) is 0 Å². The molecule has 0 radical (unpaired) electrons. The number of nitrogens with one attached hydrogen (secondary N) is 3. The third-order valence-corrected chi connectivity index (χ3v) is 5.16. The van der Waals surface area contributed by atoms with E-state index in [1.54, 1.807) is 51.1 Å². The fourth-order valence-corrected chi connectivity index (χ4v) is 3.80. The van der Waals surface area contributed by atoms with Crippen LogP contribution in [-0.2, 0) is 11.3 Å². The third kappa shape index (κ3) is 6.19. The molecule has 1 aromatic heterocycles. The number of anilines is 2. The molecule has 162 valence electrons. The number of carbonyl (C=O) groups is 3. The SMILES string of the molecule is CC(C)(C)OC(=O)Nc1ccccc1NC(=O)c1cc2ccc(CNC(=O)O)cc2s1. The Morgan fingerprint density at radius 3 is 2.32 bits per heavy atom. The fraction of sp³-hybridized carbons (Fsp3) is 0.227. The van der Waals surface area contributed by atoms with Crippen molar-refractivity contribution in [1.82, 2.24) is 5.32 Å². The Morgan fingerprint density at radius 2 is 1.68 bits per heavy atom. The molecule has 2 aromatic carbocycles. The van der Waals surface area contributed by atoms with E-state index >= 15 is 0 Å². The minimum Gasteiger partial charge on any atom is -0.465 e. The first kappa shape index (κ1) is 22.1. The fourth-order valence-electron chi connectivity index (χ4n) is 2.77. The van der Waals surface area contributed by atoms with E-state index in [9.17, 15) is 14.4 Å². The van der Waals surface area contributed by atoms with Crippen molar-refractivity contribution in [3.63, 3.8) is 0 Å². The first-order valence-electron chi connectivity index (χ1n) is 9.50. The van der Waals surface area contributed by atoms with Gasteiger partial charge in [-0.15, -0.1) is 11.3 Å². The summed E-state index contributed by atoms with van der Waals surface area (Å²) < 4.78 is 6.14. The number of rotatable bonds is 5. The van der Waals surface area contributed by atoms with Crippen molar-refractivity contribution in [2.24, 2.45) is 0 Å². The predicted octanol–water partition coefficient (Wildman–Crippen LogP) is 5.27. The lowest BCUT2D eigenvalue weighted by Gasteiger charge is -2.20. The van der Waals surface area contributed by atoms with E-state index in [1.807, 2.05) is 18.2 Å². The van der Waals surface area contributed by atoms with Crippen molar-refractivity contribution in [3.8, 4) is 0 Å². The first-order valence-corrected chi connectivity index (χ1v) is 10.3. The van der Waals surface area contributed by atoms with Crippen molar-refractivity contribution in [1.29, 1.82) is 0 Å². The molecule has 0 atom stereocenters. The Labute approximate surface area is 183 Å². The molecular formula is C22H23N3O5S. The average Bonchev–Trinajstić information content (AvgIpc) is 3.10. The van der Waals surface area contributed by atoms with Gasteiger partial charge in [0.2, 0.25) is 0 Å². The van der Waals surface area contributed by atoms with Gasteiger partial charge in [-0.2, -0.15) is 0 Å². The monoisotopic (exact) mass is 441 g/mol. The van der Waals surface area contributed by atoms with Gasteiger partial charge < -0.3 is 20.5 Å². The molecule has 31 heavy (non-hydrogen) atoms. The molecule has 1 heterocycles.